The molecule has 0 spiro atoms. The van der Waals surface area contributed by atoms with E-state index in [2.05, 4.69) is 0 Å². The summed E-state index contributed by atoms with van der Waals surface area (Å²) in [5, 5.41) is 27.5. The van der Waals surface area contributed by atoms with Gasteiger partial charge in [-0.05, 0) is 25.7 Å². The van der Waals surface area contributed by atoms with Crippen molar-refractivity contribution in [2.45, 2.75) is 64.2 Å². The smallest absolute Gasteiger partial charge is 0.309 e. The van der Waals surface area contributed by atoms with Crippen molar-refractivity contribution in [3.05, 3.63) is 0 Å². The van der Waals surface area contributed by atoms with E-state index in [9.17, 15) is 14.7 Å². The van der Waals surface area contributed by atoms with Gasteiger partial charge in [-0.25, -0.2) is 0 Å². The Morgan fingerprint density at radius 1 is 1.33 bits per heavy atom. The Morgan fingerprint density at radius 3 is 2.33 bits per heavy atom. The van der Waals surface area contributed by atoms with Crippen LogP contribution in [0.1, 0.15) is 46.5 Å². The van der Waals surface area contributed by atoms with Gasteiger partial charge in [0.1, 0.15) is 6.10 Å². The monoisotopic (exact) mass is 305 g/mol. The first-order chi connectivity index (χ1) is 9.57. The maximum absolute atomic E-state index is 11.8. The SMILES string of the molecule is CC(C)C[C@H](N)[C@H](CC(=O)O)OC(=O)C[C@](C)(O)CCO. The molecule has 0 aromatic carbocycles. The third-order valence-corrected chi connectivity index (χ3v) is 3.06. The van der Waals surface area contributed by atoms with E-state index in [1.54, 1.807) is 0 Å². The van der Waals surface area contributed by atoms with Crippen LogP contribution in [-0.4, -0.2) is 51.6 Å². The second-order valence-electron chi connectivity index (χ2n) is 6.07. The van der Waals surface area contributed by atoms with E-state index in [0.717, 1.165) is 0 Å². The molecule has 0 unspecified atom stereocenters. The average molecular weight is 305 g/mol. The molecule has 0 aliphatic carbocycles. The Balaban J connectivity index is 4.65. The fourth-order valence-electron chi connectivity index (χ4n) is 2.00. The quantitative estimate of drug-likeness (QED) is 0.426. The van der Waals surface area contributed by atoms with Gasteiger partial charge in [-0.2, -0.15) is 0 Å². The highest BCUT2D eigenvalue weighted by Crippen LogP contribution is 2.18. The lowest BCUT2D eigenvalue weighted by atomic mass is 9.97. The summed E-state index contributed by atoms with van der Waals surface area (Å²) in [6.45, 7) is 5.02. The van der Waals surface area contributed by atoms with Crippen LogP contribution in [0.5, 0.6) is 0 Å². The molecule has 0 bridgehead atoms. The van der Waals surface area contributed by atoms with Crippen LogP contribution in [-0.2, 0) is 14.3 Å². The van der Waals surface area contributed by atoms with Gasteiger partial charge in [0.05, 0.1) is 18.4 Å². The molecule has 124 valence electrons. The molecule has 21 heavy (non-hydrogen) atoms. The van der Waals surface area contributed by atoms with Gasteiger partial charge in [-0.1, -0.05) is 13.8 Å². The third-order valence-electron chi connectivity index (χ3n) is 3.06. The standard InChI is InChI=1S/C14H27NO6/c1-9(2)6-10(15)11(7-12(17)18)21-13(19)8-14(3,20)4-5-16/h9-11,16,20H,4-8,15H2,1-3H3,(H,17,18)/t10-,11-,14+/m0/s1. The van der Waals surface area contributed by atoms with Crippen molar-refractivity contribution in [2.24, 2.45) is 11.7 Å². The first-order valence-corrected chi connectivity index (χ1v) is 7.07. The molecule has 0 aromatic heterocycles. The van der Waals surface area contributed by atoms with Crippen LogP contribution in [0.2, 0.25) is 0 Å². The number of aliphatic carboxylic acids is 1. The van der Waals surface area contributed by atoms with Crippen molar-refractivity contribution in [3.8, 4) is 0 Å². The number of hydrogen-bond acceptors (Lipinski definition) is 6. The van der Waals surface area contributed by atoms with Crippen LogP contribution in [0.15, 0.2) is 0 Å². The number of ether oxygens (including phenoxy) is 1. The molecular weight excluding hydrogens is 278 g/mol. The number of esters is 1. The second kappa shape index (κ2) is 8.96. The number of aliphatic hydroxyl groups is 2. The van der Waals surface area contributed by atoms with Crippen LogP contribution >= 0.6 is 0 Å². The van der Waals surface area contributed by atoms with Gasteiger partial charge in [0.15, 0.2) is 0 Å². The Bertz CT molecular complexity index is 342. The highest BCUT2D eigenvalue weighted by atomic mass is 16.5. The van der Waals surface area contributed by atoms with Gasteiger partial charge < -0.3 is 25.8 Å². The van der Waals surface area contributed by atoms with Gasteiger partial charge in [0.25, 0.3) is 0 Å². The fourth-order valence-corrected chi connectivity index (χ4v) is 2.00. The zero-order valence-electron chi connectivity index (χ0n) is 12.9. The summed E-state index contributed by atoms with van der Waals surface area (Å²) < 4.78 is 5.12. The molecule has 0 amide bonds. The number of carbonyl (C=O) groups excluding carboxylic acids is 1. The minimum atomic E-state index is -1.39. The number of nitrogens with two attached hydrogens (primary N) is 1. The summed E-state index contributed by atoms with van der Waals surface area (Å²) in [5.74, 6) is -1.58. The minimum Gasteiger partial charge on any atom is -0.481 e. The number of carboxylic acids is 1. The van der Waals surface area contributed by atoms with Crippen LogP contribution in [0, 0.1) is 5.92 Å². The Hall–Kier alpha value is -1.18. The van der Waals surface area contributed by atoms with E-state index in [1.807, 2.05) is 13.8 Å². The van der Waals surface area contributed by atoms with Gasteiger partial charge in [0, 0.05) is 12.6 Å². The summed E-state index contributed by atoms with van der Waals surface area (Å²) in [6.07, 6.45) is -1.07. The van der Waals surface area contributed by atoms with Crippen molar-refractivity contribution >= 4 is 11.9 Å². The molecule has 7 heteroatoms. The normalized spacial score (nSPS) is 17.1. The Labute approximate surface area is 125 Å². The van der Waals surface area contributed by atoms with Gasteiger partial charge in [-0.15, -0.1) is 0 Å². The minimum absolute atomic E-state index is 0.0315. The lowest BCUT2D eigenvalue weighted by Crippen LogP contribution is -2.42. The molecule has 0 saturated carbocycles. The molecule has 0 aliphatic heterocycles. The molecule has 0 aromatic rings. The molecule has 0 rings (SSSR count). The van der Waals surface area contributed by atoms with Crippen LogP contribution in [0.4, 0.5) is 0 Å². The Kier molecular flexibility index (Phi) is 8.46. The molecule has 0 radical (unpaired) electrons. The number of aliphatic hydroxyl groups excluding tert-OH is 1. The Morgan fingerprint density at radius 2 is 1.90 bits per heavy atom. The van der Waals surface area contributed by atoms with E-state index >= 15 is 0 Å². The molecule has 3 atom stereocenters. The third kappa shape index (κ3) is 9.38. The van der Waals surface area contributed by atoms with Gasteiger partial charge in [-0.3, -0.25) is 9.59 Å². The topological polar surface area (TPSA) is 130 Å². The van der Waals surface area contributed by atoms with E-state index in [4.69, 9.17) is 20.7 Å². The fraction of sp³-hybridized carbons (Fsp3) is 0.857. The summed E-state index contributed by atoms with van der Waals surface area (Å²) in [7, 11) is 0. The first-order valence-electron chi connectivity index (χ1n) is 7.07. The molecule has 0 saturated heterocycles. The van der Waals surface area contributed by atoms with Crippen molar-refractivity contribution in [1.82, 2.24) is 0 Å². The average Bonchev–Trinajstić information content (AvgIpc) is 2.24. The van der Waals surface area contributed by atoms with Crippen molar-refractivity contribution in [1.29, 1.82) is 0 Å². The highest BCUT2D eigenvalue weighted by Gasteiger charge is 2.30. The predicted octanol–water partition coefficient (Wildman–Crippen LogP) is 0.270. The predicted molar refractivity (Wildman–Crippen MR) is 76.5 cm³/mol. The summed E-state index contributed by atoms with van der Waals surface area (Å²) >= 11 is 0. The zero-order chi connectivity index (χ0) is 16.6. The molecule has 0 heterocycles. The van der Waals surface area contributed by atoms with Crippen LogP contribution in [0.25, 0.3) is 0 Å². The molecular formula is C14H27NO6. The summed E-state index contributed by atoms with van der Waals surface area (Å²) in [5.41, 5.74) is 4.51. The van der Waals surface area contributed by atoms with Crippen LogP contribution < -0.4 is 5.73 Å². The number of carboxylic acid groups (broad SMARTS) is 1. The second-order valence-corrected chi connectivity index (χ2v) is 6.07. The maximum Gasteiger partial charge on any atom is 0.309 e. The lowest BCUT2D eigenvalue weighted by molar-refractivity contribution is -0.158. The molecule has 7 nitrogen and oxygen atoms in total. The van der Waals surface area contributed by atoms with E-state index in [1.165, 1.54) is 6.92 Å². The lowest BCUT2D eigenvalue weighted by Gasteiger charge is -2.26. The number of rotatable bonds is 10. The van der Waals surface area contributed by atoms with Gasteiger partial charge in [0.2, 0.25) is 0 Å². The summed E-state index contributed by atoms with van der Waals surface area (Å²) in [6, 6.07) is -0.576. The van der Waals surface area contributed by atoms with E-state index < -0.39 is 29.7 Å². The first kappa shape index (κ1) is 19.8. The summed E-state index contributed by atoms with van der Waals surface area (Å²) in [4.78, 5) is 22.6. The van der Waals surface area contributed by atoms with Crippen molar-refractivity contribution < 1.29 is 29.6 Å². The highest BCUT2D eigenvalue weighted by molar-refractivity contribution is 5.72. The zero-order valence-corrected chi connectivity index (χ0v) is 12.9. The van der Waals surface area contributed by atoms with E-state index in [-0.39, 0.29) is 31.8 Å². The molecule has 0 fully saturated rings. The largest absolute Gasteiger partial charge is 0.481 e. The number of carbonyl (C=O) groups is 2. The molecule has 5 N–H and O–H groups in total. The number of hydrogen-bond donors (Lipinski definition) is 4. The van der Waals surface area contributed by atoms with Crippen molar-refractivity contribution in [3.63, 3.8) is 0 Å². The molecule has 0 aliphatic rings. The van der Waals surface area contributed by atoms with Gasteiger partial charge >= 0.3 is 11.9 Å². The maximum atomic E-state index is 11.8. The van der Waals surface area contributed by atoms with Crippen molar-refractivity contribution in [2.75, 3.05) is 6.61 Å². The van der Waals surface area contributed by atoms with E-state index in [0.29, 0.717) is 6.42 Å². The van der Waals surface area contributed by atoms with Crippen LogP contribution in [0.3, 0.4) is 0 Å².